The average Bonchev–Trinajstić information content (AvgIpc) is 3.39. The number of carbonyl (C=O) groups excluding carboxylic acids is 1. The van der Waals surface area contributed by atoms with Crippen LogP contribution in [0, 0.1) is 20.8 Å². The zero-order valence-corrected chi connectivity index (χ0v) is 23.8. The van der Waals surface area contributed by atoms with Crippen molar-refractivity contribution in [2.45, 2.75) is 37.9 Å². The molecule has 12 nitrogen and oxygen atoms in total. The highest BCUT2D eigenvalue weighted by Gasteiger charge is 2.32. The molecule has 3 aromatic heterocycles. The van der Waals surface area contributed by atoms with E-state index < -0.39 is 16.1 Å². The molecule has 204 valence electrons. The van der Waals surface area contributed by atoms with E-state index in [2.05, 4.69) is 30.5 Å². The number of amides is 2. The molecule has 0 bridgehead atoms. The maximum atomic E-state index is 13.1. The van der Waals surface area contributed by atoms with Crippen LogP contribution in [0.25, 0.3) is 10.4 Å². The number of hydrogen-bond acceptors (Lipinski definition) is 10. The van der Waals surface area contributed by atoms with Gasteiger partial charge in [-0.15, -0.1) is 11.3 Å². The van der Waals surface area contributed by atoms with E-state index in [1.807, 2.05) is 26.8 Å². The second kappa shape index (κ2) is 11.4. The largest absolute Gasteiger partial charge is 0.465 e. The fraction of sp³-hybridized carbons (Fsp3) is 0.435. The van der Waals surface area contributed by atoms with E-state index >= 15 is 0 Å². The lowest BCUT2D eigenvalue weighted by molar-refractivity contribution is 0.0917. The van der Waals surface area contributed by atoms with Crippen LogP contribution in [0.1, 0.15) is 33.8 Å². The third-order valence-corrected chi connectivity index (χ3v) is 10.6. The van der Waals surface area contributed by atoms with Gasteiger partial charge in [0, 0.05) is 45.0 Å². The van der Waals surface area contributed by atoms with E-state index in [0.29, 0.717) is 25.3 Å². The Labute approximate surface area is 228 Å². The summed E-state index contributed by atoms with van der Waals surface area (Å²) < 4.78 is 27.7. The van der Waals surface area contributed by atoms with Gasteiger partial charge >= 0.3 is 6.09 Å². The molecule has 2 amide bonds. The summed E-state index contributed by atoms with van der Waals surface area (Å²) in [4.78, 5) is 39.5. The fourth-order valence-corrected chi connectivity index (χ4v) is 8.14. The highest BCUT2D eigenvalue weighted by atomic mass is 32.2. The number of hydrogen-bond donors (Lipinski definition) is 3. The maximum Gasteiger partial charge on any atom is 0.410 e. The smallest absolute Gasteiger partial charge is 0.410 e. The van der Waals surface area contributed by atoms with Gasteiger partial charge in [-0.2, -0.15) is 4.31 Å². The van der Waals surface area contributed by atoms with Gasteiger partial charge in [0.2, 0.25) is 0 Å². The molecule has 0 aromatic carbocycles. The zero-order valence-electron chi connectivity index (χ0n) is 21.4. The molecule has 3 aromatic rings. The quantitative estimate of drug-likeness (QED) is 0.365. The molecule has 15 heteroatoms. The molecule has 38 heavy (non-hydrogen) atoms. The normalized spacial score (nSPS) is 15.8. The van der Waals surface area contributed by atoms with Gasteiger partial charge in [-0.25, -0.2) is 23.2 Å². The Hall–Kier alpha value is -2.98. The molecule has 3 N–H and O–H groups in total. The first kappa shape index (κ1) is 28.0. The third kappa shape index (κ3) is 6.35. The molecule has 4 rings (SSSR count). The van der Waals surface area contributed by atoms with Crippen LogP contribution >= 0.6 is 22.7 Å². The van der Waals surface area contributed by atoms with Crippen molar-refractivity contribution in [3.8, 4) is 10.4 Å². The Bertz CT molecular complexity index is 1450. The minimum absolute atomic E-state index is 0.0223. The molecular formula is C23H29N7O5S3. The Morgan fingerprint density at radius 3 is 2.45 bits per heavy atom. The Kier molecular flexibility index (Phi) is 8.42. The fourth-order valence-electron chi connectivity index (χ4n) is 4.26. The van der Waals surface area contributed by atoms with Crippen LogP contribution in [0.4, 0.5) is 9.93 Å². The van der Waals surface area contributed by atoms with Gasteiger partial charge < -0.3 is 10.4 Å². The summed E-state index contributed by atoms with van der Waals surface area (Å²) in [6, 6.07) is 3.45. The Morgan fingerprint density at radius 1 is 1.11 bits per heavy atom. The van der Waals surface area contributed by atoms with Crippen molar-refractivity contribution in [2.24, 2.45) is 0 Å². The summed E-state index contributed by atoms with van der Waals surface area (Å²) in [6.45, 7) is 9.43. The summed E-state index contributed by atoms with van der Waals surface area (Å²) in [6.07, 6.45) is 0.320. The van der Waals surface area contributed by atoms with E-state index in [4.69, 9.17) is 5.11 Å². The number of sulfonamides is 1. The molecule has 1 saturated heterocycles. The first-order chi connectivity index (χ1) is 17.9. The first-order valence-electron chi connectivity index (χ1n) is 11.8. The second-order valence-electron chi connectivity index (χ2n) is 8.98. The van der Waals surface area contributed by atoms with Gasteiger partial charge in [0.25, 0.3) is 15.9 Å². The van der Waals surface area contributed by atoms with Crippen LogP contribution in [0.15, 0.2) is 22.5 Å². The lowest BCUT2D eigenvalue weighted by Crippen LogP contribution is -2.52. The molecule has 0 spiro atoms. The molecule has 0 saturated carbocycles. The lowest BCUT2D eigenvalue weighted by atomic mass is 10.1. The highest BCUT2D eigenvalue weighted by molar-refractivity contribution is 7.91. The Balaban J connectivity index is 1.32. The zero-order chi connectivity index (χ0) is 27.6. The summed E-state index contributed by atoms with van der Waals surface area (Å²) in [5.41, 5.74) is 2.41. The van der Waals surface area contributed by atoms with Gasteiger partial charge in [0.1, 0.15) is 5.69 Å². The predicted octanol–water partition coefficient (Wildman–Crippen LogP) is 2.80. The number of anilines is 1. The summed E-state index contributed by atoms with van der Waals surface area (Å²) >= 11 is 2.38. The maximum absolute atomic E-state index is 13.1. The second-order valence-corrected chi connectivity index (χ2v) is 13.3. The number of aryl methyl sites for hydroxylation is 3. The number of carboxylic acid groups (broad SMARTS) is 1. The van der Waals surface area contributed by atoms with Crippen molar-refractivity contribution in [1.29, 1.82) is 0 Å². The standard InChI is InChI=1S/C23H29N7O5S3/c1-13(25-20(31)18-11-17(5-6-24-18)19-14(2)26-16(4)36-19)12-29-7-9-30(10-8-29)38(34,35)21-15(3)27-22(37-21)28-23(32)33/h5-6,11,13H,7-10,12H2,1-4H3,(H,25,31)(H,27,28)(H,32,33). The highest BCUT2D eigenvalue weighted by Crippen LogP contribution is 2.31. The first-order valence-corrected chi connectivity index (χ1v) is 14.9. The molecule has 1 fully saturated rings. The van der Waals surface area contributed by atoms with E-state index in [1.165, 1.54) is 4.31 Å². The molecule has 1 unspecified atom stereocenters. The van der Waals surface area contributed by atoms with E-state index in [9.17, 15) is 18.0 Å². The summed E-state index contributed by atoms with van der Waals surface area (Å²) in [7, 11) is -3.80. The van der Waals surface area contributed by atoms with E-state index in [-0.39, 0.29) is 40.1 Å². The predicted molar refractivity (Wildman–Crippen MR) is 145 cm³/mol. The minimum atomic E-state index is -3.80. The van der Waals surface area contributed by atoms with Gasteiger partial charge in [0.05, 0.1) is 21.3 Å². The van der Waals surface area contributed by atoms with Gasteiger partial charge in [-0.1, -0.05) is 11.3 Å². The van der Waals surface area contributed by atoms with E-state index in [0.717, 1.165) is 32.5 Å². The molecular weight excluding hydrogens is 550 g/mol. The number of pyridine rings is 1. The van der Waals surface area contributed by atoms with Crippen molar-refractivity contribution in [3.63, 3.8) is 0 Å². The number of thiazole rings is 2. The number of nitrogens with zero attached hydrogens (tertiary/aromatic N) is 5. The van der Waals surface area contributed by atoms with Crippen LogP contribution in [0.2, 0.25) is 0 Å². The number of nitrogens with one attached hydrogen (secondary N) is 2. The topological polar surface area (TPSA) is 158 Å². The molecule has 0 aliphatic carbocycles. The van der Waals surface area contributed by atoms with Crippen LogP contribution < -0.4 is 10.6 Å². The average molecular weight is 580 g/mol. The van der Waals surface area contributed by atoms with Crippen LogP contribution in [-0.2, 0) is 10.0 Å². The van der Waals surface area contributed by atoms with Crippen LogP contribution in [-0.4, -0.2) is 88.4 Å². The summed E-state index contributed by atoms with van der Waals surface area (Å²) in [5, 5.41) is 14.9. The number of piperazine rings is 1. The third-order valence-electron chi connectivity index (χ3n) is 5.94. The Morgan fingerprint density at radius 2 is 1.82 bits per heavy atom. The molecule has 1 aliphatic rings. The summed E-state index contributed by atoms with van der Waals surface area (Å²) in [5.74, 6) is -0.272. The molecule has 1 aliphatic heterocycles. The molecule has 0 radical (unpaired) electrons. The van der Waals surface area contributed by atoms with Crippen LogP contribution in [0.5, 0.6) is 0 Å². The molecule has 4 heterocycles. The number of carbonyl (C=O) groups is 2. The number of rotatable bonds is 8. The van der Waals surface area contributed by atoms with Crippen molar-refractivity contribution >= 4 is 49.8 Å². The monoisotopic (exact) mass is 579 g/mol. The lowest BCUT2D eigenvalue weighted by Gasteiger charge is -2.35. The van der Waals surface area contributed by atoms with Crippen molar-refractivity contribution in [2.75, 3.05) is 38.0 Å². The van der Waals surface area contributed by atoms with Gasteiger partial charge in [-0.05, 0) is 45.4 Å². The van der Waals surface area contributed by atoms with Crippen LogP contribution in [0.3, 0.4) is 0 Å². The SMILES string of the molecule is Cc1nc(C)c(-c2ccnc(C(=O)NC(C)CN3CCN(S(=O)(=O)c4sc(NC(=O)O)nc4C)CC3)c2)s1. The number of aromatic nitrogens is 3. The van der Waals surface area contributed by atoms with Crippen molar-refractivity contribution in [3.05, 3.63) is 40.4 Å². The van der Waals surface area contributed by atoms with Gasteiger partial charge in [-0.3, -0.25) is 20.0 Å². The van der Waals surface area contributed by atoms with Gasteiger partial charge in [0.15, 0.2) is 9.34 Å². The van der Waals surface area contributed by atoms with E-state index in [1.54, 1.807) is 30.5 Å². The van der Waals surface area contributed by atoms with Crippen molar-refractivity contribution in [1.82, 2.24) is 29.5 Å². The minimum Gasteiger partial charge on any atom is -0.465 e. The van der Waals surface area contributed by atoms with Crippen molar-refractivity contribution < 1.29 is 23.1 Å². The molecule has 1 atom stereocenters.